The Morgan fingerprint density at radius 3 is 2.83 bits per heavy atom. The van der Waals surface area contributed by atoms with Crippen LogP contribution in [0.4, 0.5) is 4.39 Å². The van der Waals surface area contributed by atoms with Crippen molar-refractivity contribution in [2.75, 3.05) is 0 Å². The van der Waals surface area contributed by atoms with Crippen LogP contribution in [0.15, 0.2) is 65.6 Å². The number of fused-ring (bicyclic) bond motifs is 1. The van der Waals surface area contributed by atoms with Gasteiger partial charge in [-0.2, -0.15) is 0 Å². The molecular formula is C18H12FN3O. The van der Waals surface area contributed by atoms with Crippen LogP contribution in [-0.4, -0.2) is 14.5 Å². The Morgan fingerprint density at radius 2 is 2.04 bits per heavy atom. The number of hydrogen-bond donors (Lipinski definition) is 0. The zero-order chi connectivity index (χ0) is 15.6. The van der Waals surface area contributed by atoms with Crippen LogP contribution >= 0.6 is 0 Å². The highest BCUT2D eigenvalue weighted by molar-refractivity contribution is 5.81. The van der Waals surface area contributed by atoms with Crippen molar-refractivity contribution in [3.63, 3.8) is 0 Å². The van der Waals surface area contributed by atoms with Crippen LogP contribution in [0.1, 0.15) is 11.4 Å². The number of hydrogen-bond acceptors (Lipinski definition) is 3. The normalized spacial score (nSPS) is 11.5. The molecule has 112 valence electrons. The predicted molar refractivity (Wildman–Crippen MR) is 86.5 cm³/mol. The SMILES string of the molecule is Fc1ccc2c(c1)nc(C=Cc1ccoc1)n2-c1ccccn1. The number of nitrogens with zero attached hydrogens (tertiary/aromatic N) is 3. The molecule has 0 aliphatic rings. The van der Waals surface area contributed by atoms with E-state index in [1.807, 2.05) is 41.0 Å². The average Bonchev–Trinajstić information content (AvgIpc) is 3.20. The van der Waals surface area contributed by atoms with E-state index in [2.05, 4.69) is 9.97 Å². The maximum Gasteiger partial charge on any atom is 0.139 e. The number of benzene rings is 1. The second kappa shape index (κ2) is 5.53. The van der Waals surface area contributed by atoms with Gasteiger partial charge in [-0.1, -0.05) is 6.07 Å². The zero-order valence-corrected chi connectivity index (χ0v) is 12.1. The highest BCUT2D eigenvalue weighted by Gasteiger charge is 2.12. The second-order valence-electron chi connectivity index (χ2n) is 5.02. The fraction of sp³-hybridized carbons (Fsp3) is 0. The number of imidazole rings is 1. The van der Waals surface area contributed by atoms with Gasteiger partial charge in [-0.3, -0.25) is 4.57 Å². The van der Waals surface area contributed by atoms with Crippen LogP contribution in [0.2, 0.25) is 0 Å². The number of rotatable bonds is 3. The largest absolute Gasteiger partial charge is 0.472 e. The van der Waals surface area contributed by atoms with Crippen molar-refractivity contribution in [3.8, 4) is 5.82 Å². The van der Waals surface area contributed by atoms with Crippen LogP contribution in [-0.2, 0) is 0 Å². The quantitative estimate of drug-likeness (QED) is 0.566. The molecule has 4 nitrogen and oxygen atoms in total. The molecular weight excluding hydrogens is 293 g/mol. The summed E-state index contributed by atoms with van der Waals surface area (Å²) in [5.41, 5.74) is 2.32. The lowest BCUT2D eigenvalue weighted by Gasteiger charge is -2.05. The third kappa shape index (κ3) is 2.53. The van der Waals surface area contributed by atoms with Gasteiger partial charge < -0.3 is 4.42 Å². The van der Waals surface area contributed by atoms with E-state index in [0.717, 1.165) is 16.9 Å². The molecule has 4 aromatic rings. The molecule has 3 heterocycles. The van der Waals surface area contributed by atoms with Gasteiger partial charge in [-0.15, -0.1) is 0 Å². The lowest BCUT2D eigenvalue weighted by Crippen LogP contribution is -1.99. The summed E-state index contributed by atoms with van der Waals surface area (Å²) in [5, 5.41) is 0. The van der Waals surface area contributed by atoms with E-state index in [0.29, 0.717) is 11.3 Å². The molecule has 3 aromatic heterocycles. The van der Waals surface area contributed by atoms with Crippen molar-refractivity contribution in [2.45, 2.75) is 0 Å². The summed E-state index contributed by atoms with van der Waals surface area (Å²) < 4.78 is 20.4. The minimum atomic E-state index is -0.312. The molecule has 0 saturated heterocycles. The minimum absolute atomic E-state index is 0.312. The molecule has 0 radical (unpaired) electrons. The first-order valence-electron chi connectivity index (χ1n) is 7.11. The summed E-state index contributed by atoms with van der Waals surface area (Å²) >= 11 is 0. The van der Waals surface area contributed by atoms with E-state index in [-0.39, 0.29) is 5.82 Å². The van der Waals surface area contributed by atoms with Gasteiger partial charge in [-0.05, 0) is 42.5 Å². The fourth-order valence-electron chi connectivity index (χ4n) is 2.45. The van der Waals surface area contributed by atoms with E-state index in [1.165, 1.54) is 12.1 Å². The van der Waals surface area contributed by atoms with Crippen molar-refractivity contribution < 1.29 is 8.81 Å². The van der Waals surface area contributed by atoms with Crippen LogP contribution in [0.3, 0.4) is 0 Å². The first kappa shape index (κ1) is 13.5. The van der Waals surface area contributed by atoms with Crippen molar-refractivity contribution >= 4 is 23.2 Å². The van der Waals surface area contributed by atoms with Crippen molar-refractivity contribution in [1.82, 2.24) is 14.5 Å². The van der Waals surface area contributed by atoms with E-state index in [9.17, 15) is 4.39 Å². The molecule has 0 fully saturated rings. The summed E-state index contributed by atoms with van der Waals surface area (Å²) in [7, 11) is 0. The van der Waals surface area contributed by atoms with Gasteiger partial charge in [0, 0.05) is 17.8 Å². The highest BCUT2D eigenvalue weighted by atomic mass is 19.1. The molecule has 23 heavy (non-hydrogen) atoms. The third-order valence-electron chi connectivity index (χ3n) is 3.49. The zero-order valence-electron chi connectivity index (χ0n) is 12.1. The third-order valence-corrected chi connectivity index (χ3v) is 3.49. The summed E-state index contributed by atoms with van der Waals surface area (Å²) in [4.78, 5) is 8.89. The number of aromatic nitrogens is 3. The first-order valence-corrected chi connectivity index (χ1v) is 7.11. The molecule has 0 aliphatic carbocycles. The second-order valence-corrected chi connectivity index (χ2v) is 5.02. The topological polar surface area (TPSA) is 43.9 Å². The predicted octanol–water partition coefficient (Wildman–Crippen LogP) is 4.32. The Bertz CT molecular complexity index is 972. The molecule has 0 unspecified atom stereocenters. The maximum absolute atomic E-state index is 13.5. The van der Waals surface area contributed by atoms with Crippen molar-refractivity contribution in [2.24, 2.45) is 0 Å². The number of pyridine rings is 1. The number of halogens is 1. The summed E-state index contributed by atoms with van der Waals surface area (Å²) in [5.74, 6) is 1.09. The molecule has 0 N–H and O–H groups in total. The van der Waals surface area contributed by atoms with Gasteiger partial charge in [0.25, 0.3) is 0 Å². The first-order chi connectivity index (χ1) is 11.3. The van der Waals surface area contributed by atoms with Crippen LogP contribution in [0.25, 0.3) is 29.0 Å². The molecule has 0 atom stereocenters. The minimum Gasteiger partial charge on any atom is -0.472 e. The molecule has 4 rings (SSSR count). The van der Waals surface area contributed by atoms with E-state index in [4.69, 9.17) is 4.42 Å². The molecule has 0 bridgehead atoms. The lowest BCUT2D eigenvalue weighted by molar-refractivity contribution is 0.567. The molecule has 0 amide bonds. The Hall–Kier alpha value is -3.21. The molecule has 0 saturated carbocycles. The summed E-state index contributed by atoms with van der Waals surface area (Å²) in [6.07, 6.45) is 8.72. The van der Waals surface area contributed by atoms with Gasteiger partial charge in [-0.25, -0.2) is 14.4 Å². The monoisotopic (exact) mass is 305 g/mol. The summed E-state index contributed by atoms with van der Waals surface area (Å²) in [6, 6.07) is 12.0. The van der Waals surface area contributed by atoms with E-state index in [1.54, 1.807) is 24.8 Å². The van der Waals surface area contributed by atoms with Gasteiger partial charge in [0.1, 0.15) is 17.5 Å². The van der Waals surface area contributed by atoms with Crippen molar-refractivity contribution in [1.29, 1.82) is 0 Å². The Morgan fingerprint density at radius 1 is 1.09 bits per heavy atom. The lowest BCUT2D eigenvalue weighted by atomic mass is 10.3. The molecule has 5 heteroatoms. The fourth-order valence-corrected chi connectivity index (χ4v) is 2.45. The smallest absolute Gasteiger partial charge is 0.139 e. The molecule has 0 aliphatic heterocycles. The standard InChI is InChI=1S/C18H12FN3O/c19-14-5-6-16-15(11-14)21-18(7-4-13-8-10-23-12-13)22(16)17-3-1-2-9-20-17/h1-12H. The number of furan rings is 1. The van der Waals surface area contributed by atoms with Crippen LogP contribution in [0.5, 0.6) is 0 Å². The van der Waals surface area contributed by atoms with Gasteiger partial charge in [0.2, 0.25) is 0 Å². The molecule has 0 spiro atoms. The Kier molecular flexibility index (Phi) is 3.24. The Balaban J connectivity index is 1.92. The molecule has 1 aromatic carbocycles. The van der Waals surface area contributed by atoms with E-state index >= 15 is 0 Å². The summed E-state index contributed by atoms with van der Waals surface area (Å²) in [6.45, 7) is 0. The van der Waals surface area contributed by atoms with Crippen LogP contribution in [0, 0.1) is 5.82 Å². The van der Waals surface area contributed by atoms with Gasteiger partial charge in [0.15, 0.2) is 0 Å². The van der Waals surface area contributed by atoms with E-state index < -0.39 is 0 Å². The van der Waals surface area contributed by atoms with Gasteiger partial charge >= 0.3 is 0 Å². The highest BCUT2D eigenvalue weighted by Crippen LogP contribution is 2.22. The Labute approximate surface area is 131 Å². The van der Waals surface area contributed by atoms with Crippen molar-refractivity contribution in [3.05, 3.63) is 78.4 Å². The maximum atomic E-state index is 13.5. The van der Waals surface area contributed by atoms with Gasteiger partial charge in [0.05, 0.1) is 23.6 Å². The van der Waals surface area contributed by atoms with Crippen LogP contribution < -0.4 is 0 Å². The average molecular weight is 305 g/mol.